The molecule has 0 fully saturated rings. The van der Waals surface area contributed by atoms with Crippen LogP contribution in [0.15, 0.2) is 23.1 Å². The summed E-state index contributed by atoms with van der Waals surface area (Å²) in [6.07, 6.45) is 0.301. The van der Waals surface area contributed by atoms with Crippen LogP contribution in [0.3, 0.4) is 0 Å². The molecular formula is C13H18ClNO4S. The first-order valence-corrected chi connectivity index (χ1v) is 8.08. The average Bonchev–Trinajstić information content (AvgIpc) is 2.38. The zero-order chi connectivity index (χ0) is 15.6. The average molecular weight is 320 g/mol. The molecule has 0 amide bonds. The van der Waals surface area contributed by atoms with Crippen molar-refractivity contribution in [3.05, 3.63) is 28.8 Å². The van der Waals surface area contributed by atoms with Gasteiger partial charge in [0.1, 0.15) is 5.54 Å². The monoisotopic (exact) mass is 319 g/mol. The maximum atomic E-state index is 12.4. The Hall–Kier alpha value is -1.11. The summed E-state index contributed by atoms with van der Waals surface area (Å²) in [5.41, 5.74) is -1.11. The Morgan fingerprint density at radius 1 is 1.35 bits per heavy atom. The molecule has 20 heavy (non-hydrogen) atoms. The molecule has 0 heterocycles. The molecule has 0 bridgehead atoms. The summed E-state index contributed by atoms with van der Waals surface area (Å²) < 4.78 is 27.1. The molecule has 1 aromatic carbocycles. The van der Waals surface area contributed by atoms with Crippen molar-refractivity contribution in [2.24, 2.45) is 0 Å². The molecule has 0 saturated heterocycles. The van der Waals surface area contributed by atoms with E-state index in [1.165, 1.54) is 12.1 Å². The minimum atomic E-state index is -3.96. The van der Waals surface area contributed by atoms with Gasteiger partial charge in [-0.2, -0.15) is 4.72 Å². The van der Waals surface area contributed by atoms with Gasteiger partial charge in [-0.05, 0) is 37.5 Å². The molecule has 2 N–H and O–H groups in total. The van der Waals surface area contributed by atoms with Gasteiger partial charge in [0.2, 0.25) is 10.0 Å². The Balaban J connectivity index is 3.31. The predicted octanol–water partition coefficient (Wildman–Crippen LogP) is 2.57. The van der Waals surface area contributed by atoms with Crippen LogP contribution >= 0.6 is 11.6 Å². The number of carboxylic acids is 1. The van der Waals surface area contributed by atoms with Gasteiger partial charge in [0.15, 0.2) is 0 Å². The summed E-state index contributed by atoms with van der Waals surface area (Å²) in [6.45, 7) is 4.84. The fourth-order valence-corrected chi connectivity index (χ4v) is 3.93. The van der Waals surface area contributed by atoms with E-state index in [0.29, 0.717) is 10.6 Å². The Kier molecular flexibility index (Phi) is 5.18. The van der Waals surface area contributed by atoms with Crippen molar-refractivity contribution in [1.82, 2.24) is 4.72 Å². The lowest BCUT2D eigenvalue weighted by molar-refractivity contribution is -0.144. The number of sulfonamides is 1. The smallest absolute Gasteiger partial charge is 0.324 e. The van der Waals surface area contributed by atoms with Crippen molar-refractivity contribution >= 4 is 27.6 Å². The van der Waals surface area contributed by atoms with Crippen molar-refractivity contribution in [3.63, 3.8) is 0 Å². The molecule has 0 unspecified atom stereocenters. The first-order chi connectivity index (χ1) is 9.20. The lowest BCUT2D eigenvalue weighted by Gasteiger charge is -2.28. The molecule has 0 atom stereocenters. The molecule has 0 aliphatic rings. The number of rotatable bonds is 6. The van der Waals surface area contributed by atoms with Crippen molar-refractivity contribution in [2.45, 2.75) is 44.0 Å². The quantitative estimate of drug-likeness (QED) is 0.844. The van der Waals surface area contributed by atoms with Crippen LogP contribution in [0.5, 0.6) is 0 Å². The third-order valence-electron chi connectivity index (χ3n) is 3.45. The maximum absolute atomic E-state index is 12.4. The minimum Gasteiger partial charge on any atom is -0.480 e. The lowest BCUT2D eigenvalue weighted by Crippen LogP contribution is -2.53. The van der Waals surface area contributed by atoms with Crippen LogP contribution in [0, 0.1) is 6.92 Å². The van der Waals surface area contributed by atoms with Crippen LogP contribution in [-0.4, -0.2) is 25.0 Å². The van der Waals surface area contributed by atoms with Crippen LogP contribution in [0.1, 0.15) is 32.3 Å². The first kappa shape index (κ1) is 16.9. The largest absolute Gasteiger partial charge is 0.480 e. The Morgan fingerprint density at radius 3 is 2.35 bits per heavy atom. The summed E-state index contributed by atoms with van der Waals surface area (Å²) in [4.78, 5) is 11.4. The van der Waals surface area contributed by atoms with Crippen LogP contribution in [0.4, 0.5) is 0 Å². The standard InChI is InChI=1S/C13H18ClNO4S/c1-4-13(5-2,12(16)17)15-20(18,19)11-8-6-7-10(14)9(11)3/h6-8,15H,4-5H2,1-3H3,(H,16,17). The van der Waals surface area contributed by atoms with Crippen molar-refractivity contribution in [2.75, 3.05) is 0 Å². The van der Waals surface area contributed by atoms with Gasteiger partial charge < -0.3 is 5.11 Å². The number of aliphatic carboxylic acids is 1. The molecule has 5 nitrogen and oxygen atoms in total. The molecule has 7 heteroatoms. The summed E-state index contributed by atoms with van der Waals surface area (Å²) in [7, 11) is -3.96. The van der Waals surface area contributed by atoms with E-state index < -0.39 is 21.5 Å². The van der Waals surface area contributed by atoms with Crippen LogP contribution in [-0.2, 0) is 14.8 Å². The van der Waals surface area contributed by atoms with Gasteiger partial charge in [0, 0.05) is 5.02 Å². The van der Waals surface area contributed by atoms with Crippen molar-refractivity contribution < 1.29 is 18.3 Å². The van der Waals surface area contributed by atoms with Gasteiger partial charge in [-0.15, -0.1) is 0 Å². The second-order valence-corrected chi connectivity index (χ2v) is 6.62. The summed E-state index contributed by atoms with van der Waals surface area (Å²) in [5.74, 6) is -1.19. The molecule has 1 rings (SSSR count). The topological polar surface area (TPSA) is 83.5 Å². The fourth-order valence-electron chi connectivity index (χ4n) is 1.93. The first-order valence-electron chi connectivity index (χ1n) is 6.22. The highest BCUT2D eigenvalue weighted by Crippen LogP contribution is 2.25. The fraction of sp³-hybridized carbons (Fsp3) is 0.462. The Morgan fingerprint density at radius 2 is 1.90 bits per heavy atom. The number of hydrogen-bond donors (Lipinski definition) is 2. The van der Waals surface area contributed by atoms with E-state index in [-0.39, 0.29) is 17.7 Å². The van der Waals surface area contributed by atoms with Gasteiger partial charge in [0.05, 0.1) is 4.90 Å². The van der Waals surface area contributed by atoms with Crippen molar-refractivity contribution in [1.29, 1.82) is 0 Å². The maximum Gasteiger partial charge on any atom is 0.324 e. The Labute approximate surface area is 124 Å². The minimum absolute atomic E-state index is 0.00229. The van der Waals surface area contributed by atoms with Crippen LogP contribution < -0.4 is 4.72 Å². The van der Waals surface area contributed by atoms with E-state index in [9.17, 15) is 18.3 Å². The summed E-state index contributed by atoms with van der Waals surface area (Å²) in [5, 5.41) is 9.63. The highest BCUT2D eigenvalue weighted by molar-refractivity contribution is 7.89. The Bertz CT molecular complexity index is 609. The molecule has 0 aliphatic carbocycles. The van der Waals surface area contributed by atoms with Crippen LogP contribution in [0.25, 0.3) is 0 Å². The molecule has 112 valence electrons. The number of benzene rings is 1. The molecule has 0 saturated carbocycles. The van der Waals surface area contributed by atoms with Gasteiger partial charge in [-0.3, -0.25) is 4.79 Å². The summed E-state index contributed by atoms with van der Waals surface area (Å²) in [6, 6.07) is 4.51. The number of nitrogens with one attached hydrogen (secondary N) is 1. The number of carboxylic acid groups (broad SMARTS) is 1. The van der Waals surface area contributed by atoms with E-state index >= 15 is 0 Å². The second-order valence-electron chi connectivity index (χ2n) is 4.56. The van der Waals surface area contributed by atoms with E-state index in [1.54, 1.807) is 26.8 Å². The lowest BCUT2D eigenvalue weighted by atomic mass is 9.95. The second kappa shape index (κ2) is 6.11. The zero-order valence-electron chi connectivity index (χ0n) is 11.6. The molecule has 0 spiro atoms. The van der Waals surface area contributed by atoms with Crippen molar-refractivity contribution in [3.8, 4) is 0 Å². The van der Waals surface area contributed by atoms with E-state index in [2.05, 4.69) is 4.72 Å². The van der Waals surface area contributed by atoms with E-state index in [4.69, 9.17) is 11.6 Å². The van der Waals surface area contributed by atoms with E-state index in [1.807, 2.05) is 0 Å². The normalized spacial score (nSPS) is 12.4. The molecule has 0 radical (unpaired) electrons. The predicted molar refractivity (Wildman–Crippen MR) is 77.5 cm³/mol. The van der Waals surface area contributed by atoms with Crippen LogP contribution in [0.2, 0.25) is 5.02 Å². The summed E-state index contributed by atoms with van der Waals surface area (Å²) >= 11 is 5.91. The SMILES string of the molecule is CCC(CC)(NS(=O)(=O)c1cccc(Cl)c1C)C(=O)O. The third-order valence-corrected chi connectivity index (χ3v) is 5.54. The van der Waals surface area contributed by atoms with Gasteiger partial charge in [0.25, 0.3) is 0 Å². The van der Waals surface area contributed by atoms with Gasteiger partial charge >= 0.3 is 5.97 Å². The highest BCUT2D eigenvalue weighted by Gasteiger charge is 2.39. The molecule has 0 aromatic heterocycles. The molecule has 0 aliphatic heterocycles. The molecular weight excluding hydrogens is 302 g/mol. The number of hydrogen-bond acceptors (Lipinski definition) is 3. The van der Waals surface area contributed by atoms with E-state index in [0.717, 1.165) is 0 Å². The highest BCUT2D eigenvalue weighted by atomic mass is 35.5. The zero-order valence-corrected chi connectivity index (χ0v) is 13.2. The third kappa shape index (κ3) is 3.13. The number of carbonyl (C=O) groups is 1. The van der Waals surface area contributed by atoms with Gasteiger partial charge in [-0.1, -0.05) is 31.5 Å². The van der Waals surface area contributed by atoms with Gasteiger partial charge in [-0.25, -0.2) is 8.42 Å². The number of halogens is 1. The molecule has 1 aromatic rings.